The second-order valence-electron chi connectivity index (χ2n) is 6.16. The molecule has 2 aromatic carbocycles. The number of amides is 1. The molecule has 1 fully saturated rings. The molecule has 1 saturated carbocycles. The van der Waals surface area contributed by atoms with Crippen molar-refractivity contribution in [2.75, 3.05) is 11.9 Å². The fourth-order valence-corrected chi connectivity index (χ4v) is 2.60. The van der Waals surface area contributed by atoms with Crippen molar-refractivity contribution in [3.8, 4) is 0 Å². The van der Waals surface area contributed by atoms with E-state index in [4.69, 9.17) is 0 Å². The lowest BCUT2D eigenvalue weighted by Crippen LogP contribution is -2.25. The van der Waals surface area contributed by atoms with E-state index in [1.807, 2.05) is 0 Å². The average Bonchev–Trinajstić information content (AvgIpc) is 3.40. The van der Waals surface area contributed by atoms with Gasteiger partial charge in [0.2, 0.25) is 0 Å². The SMILES string of the molecule is CN(Cc1ccccc1F)c1ccc(C(=O)NC2CC2)cc1[N+](=O)[O-]. The van der Waals surface area contributed by atoms with Crippen LogP contribution < -0.4 is 10.2 Å². The number of carbonyl (C=O) groups excluding carboxylic acids is 1. The second-order valence-corrected chi connectivity index (χ2v) is 6.16. The minimum absolute atomic E-state index is 0.176. The van der Waals surface area contributed by atoms with Crippen LogP contribution >= 0.6 is 0 Å². The normalized spacial score (nSPS) is 13.4. The van der Waals surface area contributed by atoms with Crippen LogP contribution in [-0.2, 0) is 6.54 Å². The van der Waals surface area contributed by atoms with E-state index in [0.717, 1.165) is 12.8 Å². The predicted octanol–water partition coefficient (Wildman–Crippen LogP) is 3.26. The maximum Gasteiger partial charge on any atom is 0.293 e. The van der Waals surface area contributed by atoms with Gasteiger partial charge in [0, 0.05) is 36.8 Å². The van der Waals surface area contributed by atoms with E-state index >= 15 is 0 Å². The maximum atomic E-state index is 13.8. The van der Waals surface area contributed by atoms with Crippen molar-refractivity contribution in [3.63, 3.8) is 0 Å². The Balaban J connectivity index is 1.85. The molecular weight excluding hydrogens is 325 g/mol. The van der Waals surface area contributed by atoms with Crippen molar-refractivity contribution in [1.82, 2.24) is 5.32 Å². The van der Waals surface area contributed by atoms with Crippen LogP contribution in [0, 0.1) is 15.9 Å². The van der Waals surface area contributed by atoms with Gasteiger partial charge in [0.25, 0.3) is 11.6 Å². The van der Waals surface area contributed by atoms with Gasteiger partial charge in [-0.25, -0.2) is 4.39 Å². The molecule has 1 aliphatic carbocycles. The van der Waals surface area contributed by atoms with Crippen molar-refractivity contribution in [2.45, 2.75) is 25.4 Å². The number of nitrogens with zero attached hydrogens (tertiary/aromatic N) is 2. The second kappa shape index (κ2) is 6.88. The van der Waals surface area contributed by atoms with E-state index in [9.17, 15) is 19.3 Å². The number of rotatable bonds is 6. The molecule has 0 bridgehead atoms. The highest BCUT2D eigenvalue weighted by molar-refractivity contribution is 5.96. The van der Waals surface area contributed by atoms with E-state index in [2.05, 4.69) is 5.32 Å². The zero-order valence-corrected chi connectivity index (χ0v) is 13.7. The van der Waals surface area contributed by atoms with E-state index in [-0.39, 0.29) is 35.6 Å². The summed E-state index contributed by atoms with van der Waals surface area (Å²) in [6.07, 6.45) is 1.88. The minimum Gasteiger partial charge on any atom is -0.365 e. The summed E-state index contributed by atoms with van der Waals surface area (Å²) in [7, 11) is 1.65. The molecule has 0 atom stereocenters. The van der Waals surface area contributed by atoms with Gasteiger partial charge in [-0.05, 0) is 31.0 Å². The molecule has 1 aliphatic rings. The lowest BCUT2D eigenvalue weighted by Gasteiger charge is -2.20. The summed E-state index contributed by atoms with van der Waals surface area (Å²) in [4.78, 5) is 24.6. The van der Waals surface area contributed by atoms with Gasteiger partial charge in [0.1, 0.15) is 11.5 Å². The fourth-order valence-electron chi connectivity index (χ4n) is 2.60. The number of anilines is 1. The van der Waals surface area contributed by atoms with Crippen LogP contribution in [0.2, 0.25) is 0 Å². The van der Waals surface area contributed by atoms with Crippen LogP contribution in [0.1, 0.15) is 28.8 Å². The molecule has 0 saturated heterocycles. The predicted molar refractivity (Wildman–Crippen MR) is 92.1 cm³/mol. The molecule has 130 valence electrons. The molecule has 3 rings (SSSR count). The maximum absolute atomic E-state index is 13.8. The first-order valence-electron chi connectivity index (χ1n) is 7.99. The molecule has 0 unspecified atom stereocenters. The molecule has 2 aromatic rings. The van der Waals surface area contributed by atoms with Gasteiger partial charge in [-0.3, -0.25) is 14.9 Å². The van der Waals surface area contributed by atoms with Crippen LogP contribution in [0.25, 0.3) is 0 Å². The summed E-state index contributed by atoms with van der Waals surface area (Å²) in [5.41, 5.74) is 0.843. The Morgan fingerprint density at radius 2 is 2.04 bits per heavy atom. The van der Waals surface area contributed by atoms with E-state index in [1.54, 1.807) is 36.2 Å². The van der Waals surface area contributed by atoms with Gasteiger partial charge in [-0.2, -0.15) is 0 Å². The Hall–Kier alpha value is -2.96. The number of nitro benzene ring substituents is 1. The first-order valence-corrected chi connectivity index (χ1v) is 7.99. The number of halogens is 1. The number of hydrogen-bond acceptors (Lipinski definition) is 4. The summed E-state index contributed by atoms with van der Waals surface area (Å²) in [6.45, 7) is 0.182. The third kappa shape index (κ3) is 3.93. The Morgan fingerprint density at radius 1 is 1.32 bits per heavy atom. The quantitative estimate of drug-likeness (QED) is 0.645. The lowest BCUT2D eigenvalue weighted by molar-refractivity contribution is -0.384. The molecule has 0 heterocycles. The smallest absolute Gasteiger partial charge is 0.293 e. The zero-order chi connectivity index (χ0) is 18.0. The highest BCUT2D eigenvalue weighted by Gasteiger charge is 2.26. The van der Waals surface area contributed by atoms with E-state index in [1.165, 1.54) is 18.2 Å². The molecule has 0 aromatic heterocycles. The van der Waals surface area contributed by atoms with Crippen LogP contribution in [0.15, 0.2) is 42.5 Å². The standard InChI is InChI=1S/C18H18FN3O3/c1-21(11-13-4-2-3-5-15(13)19)16-9-6-12(10-17(16)22(24)25)18(23)20-14-7-8-14/h2-6,9-10,14H,7-8,11H2,1H3,(H,20,23). The molecule has 7 heteroatoms. The molecule has 1 N–H and O–H groups in total. The molecule has 0 aliphatic heterocycles. The van der Waals surface area contributed by atoms with Crippen LogP contribution in [0.3, 0.4) is 0 Å². The van der Waals surface area contributed by atoms with Crippen molar-refractivity contribution < 1.29 is 14.1 Å². The topological polar surface area (TPSA) is 75.5 Å². The van der Waals surface area contributed by atoms with Crippen molar-refractivity contribution in [2.24, 2.45) is 0 Å². The summed E-state index contributed by atoms with van der Waals surface area (Å²) < 4.78 is 13.8. The van der Waals surface area contributed by atoms with Gasteiger partial charge >= 0.3 is 0 Å². The highest BCUT2D eigenvalue weighted by atomic mass is 19.1. The zero-order valence-electron chi connectivity index (χ0n) is 13.7. The summed E-state index contributed by atoms with van der Waals surface area (Å²) in [5.74, 6) is -0.675. The summed E-state index contributed by atoms with van der Waals surface area (Å²) >= 11 is 0. The van der Waals surface area contributed by atoms with Gasteiger partial charge in [0.15, 0.2) is 0 Å². The first kappa shape index (κ1) is 16.9. The molecule has 0 radical (unpaired) electrons. The number of nitro groups is 1. The summed E-state index contributed by atoms with van der Waals surface area (Å²) in [5, 5.41) is 14.2. The number of benzene rings is 2. The fraction of sp³-hybridized carbons (Fsp3) is 0.278. The average molecular weight is 343 g/mol. The largest absolute Gasteiger partial charge is 0.365 e. The monoisotopic (exact) mass is 343 g/mol. The van der Waals surface area contributed by atoms with E-state index in [0.29, 0.717) is 11.3 Å². The van der Waals surface area contributed by atoms with Crippen molar-refractivity contribution in [3.05, 3.63) is 69.5 Å². The number of nitrogens with one attached hydrogen (secondary N) is 1. The Kier molecular flexibility index (Phi) is 4.65. The molecular formula is C18H18FN3O3. The van der Waals surface area contributed by atoms with Gasteiger partial charge in [-0.15, -0.1) is 0 Å². The highest BCUT2D eigenvalue weighted by Crippen LogP contribution is 2.30. The van der Waals surface area contributed by atoms with Crippen molar-refractivity contribution in [1.29, 1.82) is 0 Å². The van der Waals surface area contributed by atoms with Gasteiger partial charge in [-0.1, -0.05) is 18.2 Å². The molecule has 1 amide bonds. The van der Waals surface area contributed by atoms with Crippen LogP contribution in [0.5, 0.6) is 0 Å². The first-order chi connectivity index (χ1) is 12.0. The Bertz CT molecular complexity index is 821. The number of hydrogen-bond donors (Lipinski definition) is 1. The third-order valence-electron chi connectivity index (χ3n) is 4.12. The van der Waals surface area contributed by atoms with E-state index < -0.39 is 4.92 Å². The Labute approximate surface area is 144 Å². The van der Waals surface area contributed by atoms with Crippen molar-refractivity contribution >= 4 is 17.3 Å². The Morgan fingerprint density at radius 3 is 2.68 bits per heavy atom. The minimum atomic E-state index is -0.527. The lowest BCUT2D eigenvalue weighted by atomic mass is 10.1. The molecule has 6 nitrogen and oxygen atoms in total. The van der Waals surface area contributed by atoms with Gasteiger partial charge in [0.05, 0.1) is 4.92 Å². The number of carbonyl (C=O) groups is 1. The summed E-state index contributed by atoms with van der Waals surface area (Å²) in [6, 6.07) is 10.8. The van der Waals surface area contributed by atoms with Crippen LogP contribution in [-0.4, -0.2) is 23.9 Å². The third-order valence-corrected chi connectivity index (χ3v) is 4.12. The van der Waals surface area contributed by atoms with Gasteiger partial charge < -0.3 is 10.2 Å². The van der Waals surface area contributed by atoms with Crippen LogP contribution in [0.4, 0.5) is 15.8 Å². The molecule has 0 spiro atoms. The molecule has 25 heavy (non-hydrogen) atoms.